The van der Waals surface area contributed by atoms with Gasteiger partial charge in [0.2, 0.25) is 0 Å². The number of hydrogen-bond donors (Lipinski definition) is 1. The molecule has 33 heavy (non-hydrogen) atoms. The van der Waals surface area contributed by atoms with Crippen molar-refractivity contribution in [1.29, 1.82) is 0 Å². The van der Waals surface area contributed by atoms with Gasteiger partial charge in [0, 0.05) is 30.2 Å². The molecule has 1 unspecified atom stereocenters. The van der Waals surface area contributed by atoms with Crippen molar-refractivity contribution in [1.82, 2.24) is 14.7 Å². The number of fused-ring (bicyclic) bond motifs is 1. The number of imidazole rings is 1. The summed E-state index contributed by atoms with van der Waals surface area (Å²) in [7, 11) is 0. The number of benzene rings is 1. The Morgan fingerprint density at radius 1 is 1.15 bits per heavy atom. The van der Waals surface area contributed by atoms with Crippen molar-refractivity contribution in [3.05, 3.63) is 83.3 Å². The summed E-state index contributed by atoms with van der Waals surface area (Å²) in [6, 6.07) is 8.57. The molecule has 0 radical (unpaired) electrons. The Labute approximate surface area is 189 Å². The minimum Gasteiger partial charge on any atom is -0.342 e. The molecular formula is C25H20FN5O2. The highest BCUT2D eigenvalue weighted by molar-refractivity contribution is 6.47. The molecule has 2 amide bonds. The van der Waals surface area contributed by atoms with E-state index < -0.39 is 17.6 Å². The number of hydrogen-bond acceptors (Lipinski definition) is 5. The molecule has 3 aliphatic rings. The molecule has 0 aliphatic carbocycles. The average molecular weight is 441 g/mol. The zero-order chi connectivity index (χ0) is 22.9. The van der Waals surface area contributed by atoms with Crippen molar-refractivity contribution in [2.24, 2.45) is 10.9 Å². The van der Waals surface area contributed by atoms with Gasteiger partial charge in [0.25, 0.3) is 11.8 Å². The molecule has 7 nitrogen and oxygen atoms in total. The first-order chi connectivity index (χ1) is 15.9. The van der Waals surface area contributed by atoms with Gasteiger partial charge in [0.05, 0.1) is 34.4 Å². The van der Waals surface area contributed by atoms with Crippen molar-refractivity contribution in [3.8, 4) is 0 Å². The third-order valence-electron chi connectivity index (χ3n) is 6.49. The predicted octanol–water partition coefficient (Wildman–Crippen LogP) is 3.24. The Kier molecular flexibility index (Phi) is 4.14. The molecule has 0 fully saturated rings. The van der Waals surface area contributed by atoms with E-state index in [-0.39, 0.29) is 22.9 Å². The number of imide groups is 1. The molecule has 0 saturated heterocycles. The molecule has 164 valence electrons. The molecule has 0 bridgehead atoms. The molecule has 0 saturated carbocycles. The minimum absolute atomic E-state index is 0.123. The first-order valence-corrected chi connectivity index (χ1v) is 10.8. The van der Waals surface area contributed by atoms with Crippen LogP contribution in [0.5, 0.6) is 0 Å². The van der Waals surface area contributed by atoms with E-state index in [2.05, 4.69) is 34.0 Å². The van der Waals surface area contributed by atoms with Gasteiger partial charge in [-0.2, -0.15) is 0 Å². The number of rotatable bonds is 3. The van der Waals surface area contributed by atoms with E-state index in [0.29, 0.717) is 29.2 Å². The van der Waals surface area contributed by atoms with Gasteiger partial charge in [-0.3, -0.25) is 24.3 Å². The van der Waals surface area contributed by atoms with E-state index in [9.17, 15) is 14.0 Å². The van der Waals surface area contributed by atoms with E-state index in [0.717, 1.165) is 11.3 Å². The topological polar surface area (TPSA) is 79.1 Å². The number of anilines is 1. The molecule has 2 aromatic heterocycles. The van der Waals surface area contributed by atoms with Crippen LogP contribution in [0.4, 0.5) is 10.1 Å². The average Bonchev–Trinajstić information content (AvgIpc) is 3.40. The monoisotopic (exact) mass is 441 g/mol. The van der Waals surface area contributed by atoms with Gasteiger partial charge in [0.15, 0.2) is 0 Å². The summed E-state index contributed by atoms with van der Waals surface area (Å²) in [5.74, 6) is -1.16. The number of aromatic nitrogens is 2. The third-order valence-corrected chi connectivity index (χ3v) is 6.49. The number of aliphatic imine (C=N–C) groups is 1. The number of pyridine rings is 1. The van der Waals surface area contributed by atoms with Crippen LogP contribution in [0, 0.1) is 11.7 Å². The molecule has 0 spiro atoms. The van der Waals surface area contributed by atoms with E-state index in [4.69, 9.17) is 0 Å². The van der Waals surface area contributed by atoms with Crippen molar-refractivity contribution < 1.29 is 14.0 Å². The smallest absolute Gasteiger partial charge is 0.261 e. The summed E-state index contributed by atoms with van der Waals surface area (Å²) in [5, 5.41) is 2.40. The number of carbonyl (C=O) groups excluding carboxylic acids is 2. The lowest BCUT2D eigenvalue weighted by molar-refractivity contribution is -0.123. The summed E-state index contributed by atoms with van der Waals surface area (Å²) in [6.45, 7) is 4.25. The molecule has 8 heteroatoms. The maximum absolute atomic E-state index is 14.7. The Balaban J connectivity index is 1.61. The van der Waals surface area contributed by atoms with Gasteiger partial charge >= 0.3 is 0 Å². The molecule has 6 rings (SSSR count). The molecule has 1 atom stereocenters. The van der Waals surface area contributed by atoms with Crippen molar-refractivity contribution in [2.45, 2.75) is 26.3 Å². The second kappa shape index (κ2) is 6.96. The number of halogens is 1. The van der Waals surface area contributed by atoms with Gasteiger partial charge in [-0.15, -0.1) is 0 Å². The van der Waals surface area contributed by atoms with Crippen LogP contribution in [-0.2, 0) is 16.0 Å². The van der Waals surface area contributed by atoms with Crippen LogP contribution in [0.15, 0.2) is 65.7 Å². The lowest BCUT2D eigenvalue weighted by atomic mass is 9.94. The summed E-state index contributed by atoms with van der Waals surface area (Å²) < 4.78 is 16.5. The Morgan fingerprint density at radius 2 is 1.97 bits per heavy atom. The summed E-state index contributed by atoms with van der Waals surface area (Å²) in [5.41, 5.74) is 3.90. The molecule has 3 aliphatic heterocycles. The highest BCUT2D eigenvalue weighted by Crippen LogP contribution is 2.42. The van der Waals surface area contributed by atoms with Crippen LogP contribution in [-0.4, -0.2) is 33.0 Å². The van der Waals surface area contributed by atoms with Crippen molar-refractivity contribution in [3.63, 3.8) is 0 Å². The first-order valence-electron chi connectivity index (χ1n) is 10.8. The van der Waals surface area contributed by atoms with E-state index in [1.165, 1.54) is 6.07 Å². The van der Waals surface area contributed by atoms with Crippen molar-refractivity contribution in [2.75, 3.05) is 4.90 Å². The lowest BCUT2D eigenvalue weighted by Gasteiger charge is -2.27. The molecular weight excluding hydrogens is 421 g/mol. The van der Waals surface area contributed by atoms with Gasteiger partial charge in [-0.25, -0.2) is 9.37 Å². The summed E-state index contributed by atoms with van der Waals surface area (Å²) in [4.78, 5) is 37.0. The normalized spacial score (nSPS) is 19.5. The number of carbonyl (C=O) groups is 2. The predicted molar refractivity (Wildman–Crippen MR) is 122 cm³/mol. The van der Waals surface area contributed by atoms with Crippen LogP contribution in [0.1, 0.15) is 30.7 Å². The second-order valence-corrected chi connectivity index (χ2v) is 8.77. The number of nitrogens with one attached hydrogen (secondary N) is 1. The van der Waals surface area contributed by atoms with Crippen LogP contribution >= 0.6 is 0 Å². The SMILES string of the molecule is CC(C)C1Cc2cc(F)cc3c2N1C=CN=C3C1=C(c2cnc3ccccn23)C(=O)NC1=O. The number of amides is 2. The van der Waals surface area contributed by atoms with Gasteiger partial charge in [-0.05, 0) is 42.2 Å². The zero-order valence-electron chi connectivity index (χ0n) is 18.0. The largest absolute Gasteiger partial charge is 0.342 e. The van der Waals surface area contributed by atoms with Crippen LogP contribution in [0.2, 0.25) is 0 Å². The molecule has 5 heterocycles. The fraction of sp³-hybridized carbons (Fsp3) is 0.200. The molecule has 1 aromatic carbocycles. The van der Waals surface area contributed by atoms with Crippen LogP contribution in [0.25, 0.3) is 11.2 Å². The Hall–Kier alpha value is -4.07. The van der Waals surface area contributed by atoms with Crippen LogP contribution < -0.4 is 10.2 Å². The van der Waals surface area contributed by atoms with Gasteiger partial charge in [0.1, 0.15) is 11.5 Å². The second-order valence-electron chi connectivity index (χ2n) is 8.77. The minimum atomic E-state index is -0.558. The fourth-order valence-corrected chi connectivity index (χ4v) is 5.02. The Bertz CT molecular complexity index is 1460. The third kappa shape index (κ3) is 2.80. The molecule has 1 N–H and O–H groups in total. The maximum atomic E-state index is 14.7. The highest BCUT2D eigenvalue weighted by Gasteiger charge is 2.40. The summed E-state index contributed by atoms with van der Waals surface area (Å²) in [6.07, 6.45) is 7.52. The van der Waals surface area contributed by atoms with Crippen molar-refractivity contribution >= 4 is 34.4 Å². The zero-order valence-corrected chi connectivity index (χ0v) is 18.0. The van der Waals surface area contributed by atoms with E-state index in [1.54, 1.807) is 29.1 Å². The lowest BCUT2D eigenvalue weighted by Crippen LogP contribution is -2.32. The van der Waals surface area contributed by atoms with E-state index >= 15 is 0 Å². The molecule has 3 aromatic rings. The maximum Gasteiger partial charge on any atom is 0.261 e. The highest BCUT2D eigenvalue weighted by atomic mass is 19.1. The van der Waals surface area contributed by atoms with Crippen LogP contribution in [0.3, 0.4) is 0 Å². The fourth-order valence-electron chi connectivity index (χ4n) is 5.02. The standard InChI is InChI=1S/C25H20FN5O2/c1-13(2)17-10-14-9-15(26)11-16-22(27-6-8-31(17)23(14)16)21-20(24(32)29-25(21)33)18-12-28-19-5-3-4-7-30(18)19/h3-9,11-13,17H,10H2,1-2H3,(H,29,32,33). The first kappa shape index (κ1) is 19.6. The van der Waals surface area contributed by atoms with E-state index in [1.807, 2.05) is 24.4 Å². The summed E-state index contributed by atoms with van der Waals surface area (Å²) >= 11 is 0. The Morgan fingerprint density at radius 3 is 2.79 bits per heavy atom. The van der Waals surface area contributed by atoms with Gasteiger partial charge < -0.3 is 4.90 Å². The number of nitrogens with zero attached hydrogens (tertiary/aromatic N) is 4. The van der Waals surface area contributed by atoms with Gasteiger partial charge in [-0.1, -0.05) is 19.9 Å². The quantitative estimate of drug-likeness (QED) is 0.633.